The van der Waals surface area contributed by atoms with Crippen LogP contribution in [0.25, 0.3) is 0 Å². The second-order valence-electron chi connectivity index (χ2n) is 6.62. The van der Waals surface area contributed by atoms with Gasteiger partial charge in [0.15, 0.2) is 0 Å². The normalized spacial score (nSPS) is 11.5. The zero-order valence-electron chi connectivity index (χ0n) is 16.5. The van der Waals surface area contributed by atoms with E-state index >= 15 is 0 Å². The lowest BCUT2D eigenvalue weighted by Gasteiger charge is -2.11. The fourth-order valence-corrected chi connectivity index (χ4v) is 2.57. The zero-order valence-corrected chi connectivity index (χ0v) is 16.5. The number of hydrogen-bond acceptors (Lipinski definition) is 6. The van der Waals surface area contributed by atoms with E-state index in [1.807, 2.05) is 24.3 Å². The zero-order chi connectivity index (χ0) is 22.1. The molecule has 0 aliphatic rings. The van der Waals surface area contributed by atoms with Gasteiger partial charge in [-0.25, -0.2) is 0 Å². The Morgan fingerprint density at radius 3 is 1.61 bits per heavy atom. The first-order valence-electron chi connectivity index (χ1n) is 9.60. The van der Waals surface area contributed by atoms with Crippen LogP contribution in [0.4, 0.5) is 41.6 Å². The number of nitrogens with zero attached hydrogens (tertiary/aromatic N) is 2. The number of aliphatic hydroxyl groups is 1. The molecule has 9 heteroatoms. The van der Waals surface area contributed by atoms with Gasteiger partial charge in [-0.15, -0.1) is 0 Å². The van der Waals surface area contributed by atoms with Crippen molar-refractivity contribution >= 4 is 28.4 Å². The minimum absolute atomic E-state index is 0.159. The molecule has 0 amide bonds. The second-order valence-corrected chi connectivity index (χ2v) is 6.62. The molecule has 3 aromatic rings. The number of aliphatic hydroxyl groups excluding tert-OH is 1. The number of anilines is 3. The summed E-state index contributed by atoms with van der Waals surface area (Å²) < 4.78 is 37.7. The van der Waals surface area contributed by atoms with E-state index in [4.69, 9.17) is 5.11 Å². The Kier molecular flexibility index (Phi) is 7.45. The molecular formula is C22H22F3N5O. The van der Waals surface area contributed by atoms with Gasteiger partial charge in [-0.2, -0.15) is 23.4 Å². The summed E-state index contributed by atoms with van der Waals surface area (Å²) in [6.07, 6.45) is -3.67. The minimum atomic E-state index is -4.37. The minimum Gasteiger partial charge on any atom is -0.396 e. The third kappa shape index (κ3) is 7.00. The number of hydrogen-bond donors (Lipinski definition) is 4. The van der Waals surface area contributed by atoms with Crippen molar-refractivity contribution in [3.63, 3.8) is 0 Å². The third-order valence-electron chi connectivity index (χ3n) is 4.24. The van der Waals surface area contributed by atoms with E-state index in [1.54, 1.807) is 24.3 Å². The first kappa shape index (κ1) is 22.1. The maximum absolute atomic E-state index is 12.6. The van der Waals surface area contributed by atoms with E-state index in [2.05, 4.69) is 26.4 Å². The maximum atomic E-state index is 12.6. The Bertz CT molecular complexity index is 972. The van der Waals surface area contributed by atoms with Crippen molar-refractivity contribution in [3.05, 3.63) is 78.4 Å². The monoisotopic (exact) mass is 429 g/mol. The van der Waals surface area contributed by atoms with Gasteiger partial charge in [0.25, 0.3) is 0 Å². The predicted molar refractivity (Wildman–Crippen MR) is 116 cm³/mol. The molecule has 162 valence electrons. The van der Waals surface area contributed by atoms with Crippen LogP contribution < -0.4 is 16.2 Å². The quantitative estimate of drug-likeness (QED) is 0.181. The molecule has 3 rings (SSSR count). The number of nitrogens with one attached hydrogen (secondary N) is 3. The van der Waals surface area contributed by atoms with Gasteiger partial charge in [-0.05, 0) is 79.2 Å². The molecule has 6 nitrogen and oxygen atoms in total. The Labute approximate surface area is 177 Å². The standard InChI is InChI=1S/C22H22F3N5O/c23-22(24,25)16-2-4-18(5-3-16)27-29-20-10-12-21(13-11-20)30-28-19-8-6-17(7-9-19)26-14-1-15-31/h2-13,26,28,30-31H,1,14-15H2/b29-27+. The highest BCUT2D eigenvalue weighted by Gasteiger charge is 2.29. The Morgan fingerprint density at radius 2 is 1.13 bits per heavy atom. The molecule has 0 radical (unpaired) electrons. The first-order valence-corrected chi connectivity index (χ1v) is 9.60. The summed E-state index contributed by atoms with van der Waals surface area (Å²) in [5.41, 5.74) is 9.00. The van der Waals surface area contributed by atoms with E-state index in [0.29, 0.717) is 24.3 Å². The molecule has 0 bridgehead atoms. The lowest BCUT2D eigenvalue weighted by atomic mass is 10.2. The summed E-state index contributed by atoms with van der Waals surface area (Å²) in [4.78, 5) is 0. The Hall–Kier alpha value is -3.59. The lowest BCUT2D eigenvalue weighted by molar-refractivity contribution is -0.137. The molecule has 0 spiro atoms. The number of alkyl halides is 3. The molecule has 0 fully saturated rings. The molecule has 0 saturated heterocycles. The van der Waals surface area contributed by atoms with E-state index in [1.165, 1.54) is 12.1 Å². The van der Waals surface area contributed by atoms with Gasteiger partial charge < -0.3 is 21.3 Å². The third-order valence-corrected chi connectivity index (χ3v) is 4.24. The van der Waals surface area contributed by atoms with Crippen LogP contribution in [0.5, 0.6) is 0 Å². The van der Waals surface area contributed by atoms with Crippen LogP contribution in [0.1, 0.15) is 12.0 Å². The topological polar surface area (TPSA) is 81.0 Å². The average Bonchev–Trinajstić information content (AvgIpc) is 2.78. The SMILES string of the molecule is OCCCNc1ccc(NNc2ccc(/N=N/c3ccc(C(F)(F)F)cc3)cc2)cc1. The van der Waals surface area contributed by atoms with Crippen molar-refractivity contribution in [2.75, 3.05) is 29.3 Å². The molecule has 3 aromatic carbocycles. The van der Waals surface area contributed by atoms with Gasteiger partial charge in [0.2, 0.25) is 0 Å². The molecule has 0 aliphatic heterocycles. The highest BCUT2D eigenvalue weighted by molar-refractivity contribution is 5.58. The summed E-state index contributed by atoms with van der Waals surface area (Å²) in [6, 6.07) is 19.3. The van der Waals surface area contributed by atoms with Gasteiger partial charge in [0.1, 0.15) is 0 Å². The molecule has 0 atom stereocenters. The number of rotatable bonds is 9. The molecular weight excluding hydrogens is 407 g/mol. The van der Waals surface area contributed by atoms with Crippen LogP contribution in [0.15, 0.2) is 83.0 Å². The average molecular weight is 429 g/mol. The fraction of sp³-hybridized carbons (Fsp3) is 0.182. The van der Waals surface area contributed by atoms with Crippen molar-refractivity contribution in [3.8, 4) is 0 Å². The summed E-state index contributed by atoms with van der Waals surface area (Å²) in [7, 11) is 0. The lowest BCUT2D eigenvalue weighted by Crippen LogP contribution is -2.08. The second kappa shape index (κ2) is 10.4. The highest BCUT2D eigenvalue weighted by atomic mass is 19.4. The van der Waals surface area contributed by atoms with Gasteiger partial charge in [0, 0.05) is 18.8 Å². The van der Waals surface area contributed by atoms with Crippen molar-refractivity contribution < 1.29 is 18.3 Å². The maximum Gasteiger partial charge on any atom is 0.416 e. The molecule has 0 heterocycles. The van der Waals surface area contributed by atoms with Crippen molar-refractivity contribution in [2.24, 2.45) is 10.2 Å². The van der Waals surface area contributed by atoms with Gasteiger partial charge in [0.05, 0.1) is 28.3 Å². The van der Waals surface area contributed by atoms with E-state index in [9.17, 15) is 13.2 Å². The molecule has 31 heavy (non-hydrogen) atoms. The van der Waals surface area contributed by atoms with Crippen LogP contribution in [-0.2, 0) is 6.18 Å². The van der Waals surface area contributed by atoms with Gasteiger partial charge in [-0.1, -0.05) is 0 Å². The Morgan fingerprint density at radius 1 is 0.677 bits per heavy atom. The van der Waals surface area contributed by atoms with Gasteiger partial charge in [-0.3, -0.25) is 0 Å². The first-order chi connectivity index (χ1) is 14.9. The number of azo groups is 1. The van der Waals surface area contributed by atoms with Crippen molar-refractivity contribution in [1.82, 2.24) is 0 Å². The summed E-state index contributed by atoms with van der Waals surface area (Å²) in [6.45, 7) is 0.871. The largest absolute Gasteiger partial charge is 0.416 e. The van der Waals surface area contributed by atoms with Crippen LogP contribution in [0.2, 0.25) is 0 Å². The highest BCUT2D eigenvalue weighted by Crippen LogP contribution is 2.30. The van der Waals surface area contributed by atoms with Crippen LogP contribution in [-0.4, -0.2) is 18.3 Å². The Balaban J connectivity index is 1.50. The number of hydrazine groups is 1. The smallest absolute Gasteiger partial charge is 0.396 e. The number of benzene rings is 3. The van der Waals surface area contributed by atoms with Gasteiger partial charge >= 0.3 is 6.18 Å². The van der Waals surface area contributed by atoms with Crippen LogP contribution in [0, 0.1) is 0 Å². The summed E-state index contributed by atoms with van der Waals surface area (Å²) in [5, 5.41) is 20.0. The van der Waals surface area contributed by atoms with Crippen molar-refractivity contribution in [1.29, 1.82) is 0 Å². The molecule has 4 N–H and O–H groups in total. The molecule has 0 aliphatic carbocycles. The molecule has 0 unspecified atom stereocenters. The summed E-state index contributed by atoms with van der Waals surface area (Å²) in [5.74, 6) is 0. The summed E-state index contributed by atoms with van der Waals surface area (Å²) >= 11 is 0. The fourth-order valence-electron chi connectivity index (χ4n) is 2.57. The van der Waals surface area contributed by atoms with E-state index < -0.39 is 11.7 Å². The van der Waals surface area contributed by atoms with E-state index in [-0.39, 0.29) is 6.61 Å². The van der Waals surface area contributed by atoms with Crippen LogP contribution in [0.3, 0.4) is 0 Å². The van der Waals surface area contributed by atoms with E-state index in [0.717, 1.165) is 29.2 Å². The molecule has 0 saturated carbocycles. The number of halogens is 3. The van der Waals surface area contributed by atoms with Crippen molar-refractivity contribution in [2.45, 2.75) is 12.6 Å². The molecule has 0 aromatic heterocycles. The predicted octanol–water partition coefficient (Wildman–Crippen LogP) is 6.35. The van der Waals surface area contributed by atoms with Crippen LogP contribution >= 0.6 is 0 Å².